The van der Waals surface area contributed by atoms with E-state index in [1.807, 2.05) is 37.3 Å². The Hall–Kier alpha value is -2.82. The fourth-order valence-corrected chi connectivity index (χ4v) is 2.70. The molecule has 0 aliphatic heterocycles. The molecule has 22 heavy (non-hydrogen) atoms. The van der Waals surface area contributed by atoms with Crippen molar-refractivity contribution in [2.45, 2.75) is 19.4 Å². The van der Waals surface area contributed by atoms with E-state index >= 15 is 0 Å². The number of aromatic nitrogens is 2. The zero-order valence-electron chi connectivity index (χ0n) is 12.1. The zero-order valence-corrected chi connectivity index (χ0v) is 12.1. The number of rotatable bonds is 3. The summed E-state index contributed by atoms with van der Waals surface area (Å²) in [5.41, 5.74) is 0.448. The number of phenols is 1. The smallest absolute Gasteiger partial charge is 0.329 e. The number of fused-ring (bicyclic) bond motifs is 1. The van der Waals surface area contributed by atoms with Gasteiger partial charge in [-0.15, -0.1) is 0 Å². The lowest BCUT2D eigenvalue weighted by molar-refractivity contribution is 0.476. The number of H-pyrrole nitrogens is 1. The monoisotopic (exact) mass is 296 g/mol. The van der Waals surface area contributed by atoms with Crippen LogP contribution in [0.4, 0.5) is 0 Å². The van der Waals surface area contributed by atoms with Crippen molar-refractivity contribution in [1.29, 1.82) is 0 Å². The van der Waals surface area contributed by atoms with Gasteiger partial charge in [0.15, 0.2) is 0 Å². The Labute approximate surface area is 126 Å². The highest BCUT2D eigenvalue weighted by atomic mass is 16.3. The second-order valence-corrected chi connectivity index (χ2v) is 5.34. The van der Waals surface area contributed by atoms with Crippen LogP contribution < -0.4 is 11.2 Å². The SMILES string of the molecule is CC(Cc1ccccc1)n1c(=O)[nH]c2cccc(O)c2c1=O. The van der Waals surface area contributed by atoms with Gasteiger partial charge in [-0.25, -0.2) is 4.79 Å². The Balaban J connectivity index is 2.13. The molecule has 0 aliphatic rings. The molecule has 0 spiro atoms. The Morgan fingerprint density at radius 1 is 1.09 bits per heavy atom. The molecule has 1 heterocycles. The summed E-state index contributed by atoms with van der Waals surface area (Å²) in [6.45, 7) is 1.81. The van der Waals surface area contributed by atoms with E-state index in [0.717, 1.165) is 10.1 Å². The number of hydrogen-bond donors (Lipinski definition) is 2. The Bertz CT molecular complexity index is 926. The third kappa shape index (κ3) is 2.41. The van der Waals surface area contributed by atoms with Gasteiger partial charge in [0.2, 0.25) is 0 Å². The molecule has 0 fully saturated rings. The minimum absolute atomic E-state index is 0.126. The Morgan fingerprint density at radius 3 is 2.55 bits per heavy atom. The van der Waals surface area contributed by atoms with E-state index in [1.54, 1.807) is 12.1 Å². The molecule has 0 radical (unpaired) electrons. The maximum absolute atomic E-state index is 12.6. The quantitative estimate of drug-likeness (QED) is 0.778. The standard InChI is InChI=1S/C17H16N2O3/c1-11(10-12-6-3-2-4-7-12)19-16(21)15-13(18-17(19)22)8-5-9-14(15)20/h2-9,11,20H,10H2,1H3,(H,18,22). The average Bonchev–Trinajstić information content (AvgIpc) is 2.47. The molecule has 0 bridgehead atoms. The largest absolute Gasteiger partial charge is 0.507 e. The van der Waals surface area contributed by atoms with Crippen LogP contribution in [0.5, 0.6) is 5.75 Å². The van der Waals surface area contributed by atoms with Crippen molar-refractivity contribution in [3.63, 3.8) is 0 Å². The fraction of sp³-hybridized carbons (Fsp3) is 0.176. The summed E-state index contributed by atoms with van der Waals surface area (Å²) in [5, 5.41) is 10.0. The van der Waals surface area contributed by atoms with E-state index in [2.05, 4.69) is 4.98 Å². The van der Waals surface area contributed by atoms with Crippen LogP contribution in [0.25, 0.3) is 10.9 Å². The van der Waals surface area contributed by atoms with Gasteiger partial charge in [0.1, 0.15) is 11.1 Å². The molecule has 1 atom stereocenters. The molecule has 5 heteroatoms. The summed E-state index contributed by atoms with van der Waals surface area (Å²) in [6.07, 6.45) is 0.558. The molecule has 5 nitrogen and oxygen atoms in total. The summed E-state index contributed by atoms with van der Waals surface area (Å²) in [6, 6.07) is 14.0. The number of benzene rings is 2. The number of nitrogens with one attached hydrogen (secondary N) is 1. The fourth-order valence-electron chi connectivity index (χ4n) is 2.70. The molecule has 3 aromatic rings. The van der Waals surface area contributed by atoms with E-state index in [9.17, 15) is 14.7 Å². The van der Waals surface area contributed by atoms with Crippen molar-refractivity contribution >= 4 is 10.9 Å². The second-order valence-electron chi connectivity index (χ2n) is 5.34. The van der Waals surface area contributed by atoms with Crippen molar-refractivity contribution in [3.8, 4) is 5.75 Å². The molecule has 2 aromatic carbocycles. The van der Waals surface area contributed by atoms with Gasteiger partial charge >= 0.3 is 5.69 Å². The highest BCUT2D eigenvalue weighted by molar-refractivity contribution is 5.83. The summed E-state index contributed by atoms with van der Waals surface area (Å²) >= 11 is 0. The molecule has 3 rings (SSSR count). The number of nitrogens with zero attached hydrogens (tertiary/aromatic N) is 1. The molecule has 1 aromatic heterocycles. The molecular formula is C17H16N2O3. The average molecular weight is 296 g/mol. The van der Waals surface area contributed by atoms with Crippen LogP contribution in [0.3, 0.4) is 0 Å². The first-order valence-corrected chi connectivity index (χ1v) is 7.08. The van der Waals surface area contributed by atoms with Gasteiger partial charge in [0.05, 0.1) is 5.52 Å². The van der Waals surface area contributed by atoms with Gasteiger partial charge in [-0.1, -0.05) is 36.4 Å². The van der Waals surface area contributed by atoms with Gasteiger partial charge in [-0.05, 0) is 31.0 Å². The lowest BCUT2D eigenvalue weighted by Gasteiger charge is -2.15. The number of hydrogen-bond acceptors (Lipinski definition) is 3. The minimum atomic E-state index is -0.472. The summed E-state index contributed by atoms with van der Waals surface area (Å²) < 4.78 is 1.16. The third-order valence-electron chi connectivity index (χ3n) is 3.75. The molecular weight excluding hydrogens is 280 g/mol. The van der Waals surface area contributed by atoms with E-state index in [0.29, 0.717) is 11.9 Å². The molecule has 1 unspecified atom stereocenters. The van der Waals surface area contributed by atoms with Crippen LogP contribution in [0.2, 0.25) is 0 Å². The van der Waals surface area contributed by atoms with Crippen LogP contribution in [0.15, 0.2) is 58.1 Å². The number of phenolic OH excluding ortho intramolecular Hbond substituents is 1. The lowest BCUT2D eigenvalue weighted by atomic mass is 10.1. The van der Waals surface area contributed by atoms with Crippen LogP contribution in [0.1, 0.15) is 18.5 Å². The first kappa shape index (κ1) is 14.1. The summed E-state index contributed by atoms with van der Waals surface area (Å²) in [4.78, 5) is 27.5. The van der Waals surface area contributed by atoms with Gasteiger partial charge < -0.3 is 10.1 Å². The van der Waals surface area contributed by atoms with Crippen molar-refractivity contribution in [2.24, 2.45) is 0 Å². The minimum Gasteiger partial charge on any atom is -0.507 e. The van der Waals surface area contributed by atoms with Crippen molar-refractivity contribution in [1.82, 2.24) is 9.55 Å². The van der Waals surface area contributed by atoms with Gasteiger partial charge in [0.25, 0.3) is 5.56 Å². The normalized spacial score (nSPS) is 12.4. The topological polar surface area (TPSA) is 75.1 Å². The van der Waals surface area contributed by atoms with E-state index in [-0.39, 0.29) is 17.2 Å². The van der Waals surface area contributed by atoms with Crippen LogP contribution in [-0.2, 0) is 6.42 Å². The maximum Gasteiger partial charge on any atom is 0.329 e. The van der Waals surface area contributed by atoms with Crippen LogP contribution in [0, 0.1) is 0 Å². The van der Waals surface area contributed by atoms with Crippen molar-refractivity contribution in [3.05, 3.63) is 74.9 Å². The molecule has 0 amide bonds. The summed E-state index contributed by atoms with van der Waals surface area (Å²) in [7, 11) is 0. The zero-order chi connectivity index (χ0) is 15.7. The highest BCUT2D eigenvalue weighted by Crippen LogP contribution is 2.19. The first-order chi connectivity index (χ1) is 10.6. The van der Waals surface area contributed by atoms with Crippen molar-refractivity contribution < 1.29 is 5.11 Å². The third-order valence-corrected chi connectivity index (χ3v) is 3.75. The number of aromatic amines is 1. The molecule has 2 N–H and O–H groups in total. The van der Waals surface area contributed by atoms with E-state index in [1.165, 1.54) is 6.07 Å². The maximum atomic E-state index is 12.6. The van der Waals surface area contributed by atoms with E-state index in [4.69, 9.17) is 0 Å². The predicted molar refractivity (Wildman–Crippen MR) is 85.4 cm³/mol. The molecule has 0 saturated carbocycles. The second kappa shape index (κ2) is 5.52. The Kier molecular flexibility index (Phi) is 3.55. The molecule has 0 aliphatic carbocycles. The summed E-state index contributed by atoms with van der Waals surface area (Å²) in [5.74, 6) is -0.126. The van der Waals surface area contributed by atoms with Gasteiger partial charge in [0, 0.05) is 6.04 Å². The Morgan fingerprint density at radius 2 is 1.82 bits per heavy atom. The van der Waals surface area contributed by atoms with Gasteiger partial charge in [-0.2, -0.15) is 0 Å². The van der Waals surface area contributed by atoms with Gasteiger partial charge in [-0.3, -0.25) is 9.36 Å². The molecule has 112 valence electrons. The van der Waals surface area contributed by atoms with Crippen molar-refractivity contribution in [2.75, 3.05) is 0 Å². The van der Waals surface area contributed by atoms with E-state index < -0.39 is 11.2 Å². The highest BCUT2D eigenvalue weighted by Gasteiger charge is 2.15. The molecule has 0 saturated heterocycles. The lowest BCUT2D eigenvalue weighted by Crippen LogP contribution is -2.37. The van der Waals surface area contributed by atoms with Crippen LogP contribution >= 0.6 is 0 Å². The predicted octanol–water partition coefficient (Wildman–Crippen LogP) is 2.20. The number of aromatic hydroxyl groups is 1. The van der Waals surface area contributed by atoms with Crippen LogP contribution in [-0.4, -0.2) is 14.7 Å². The first-order valence-electron chi connectivity index (χ1n) is 7.08.